The second-order valence-electron chi connectivity index (χ2n) is 6.06. The molecule has 1 fully saturated rings. The molecule has 1 unspecified atom stereocenters. The lowest BCUT2D eigenvalue weighted by atomic mass is 10.2. The highest BCUT2D eigenvalue weighted by molar-refractivity contribution is 7.99. The van der Waals surface area contributed by atoms with Crippen molar-refractivity contribution in [3.05, 3.63) is 66.0 Å². The van der Waals surface area contributed by atoms with Gasteiger partial charge in [-0.2, -0.15) is 0 Å². The molecule has 3 nitrogen and oxygen atoms in total. The van der Waals surface area contributed by atoms with E-state index in [0.29, 0.717) is 17.4 Å². The van der Waals surface area contributed by atoms with E-state index in [1.165, 1.54) is 11.6 Å². The van der Waals surface area contributed by atoms with E-state index in [1.54, 1.807) is 23.9 Å². The van der Waals surface area contributed by atoms with Gasteiger partial charge in [0.25, 0.3) is 0 Å². The summed E-state index contributed by atoms with van der Waals surface area (Å²) in [6.45, 7) is 2.16. The molecule has 0 amide bonds. The number of aromatic nitrogens is 3. The summed E-state index contributed by atoms with van der Waals surface area (Å²) in [5.41, 5.74) is 1.77. The van der Waals surface area contributed by atoms with Crippen LogP contribution in [-0.4, -0.2) is 14.8 Å². The fraction of sp³-hybridized carbons (Fsp3) is 0.263. The van der Waals surface area contributed by atoms with E-state index in [1.807, 2.05) is 24.3 Å². The zero-order chi connectivity index (χ0) is 16.5. The van der Waals surface area contributed by atoms with E-state index in [9.17, 15) is 4.39 Å². The second-order valence-corrected chi connectivity index (χ2v) is 7.37. The van der Waals surface area contributed by atoms with Gasteiger partial charge in [-0.3, -0.25) is 4.57 Å². The van der Waals surface area contributed by atoms with Crippen molar-refractivity contribution in [1.29, 1.82) is 0 Å². The Bertz CT molecular complexity index is 843. The van der Waals surface area contributed by atoms with Crippen LogP contribution in [0.5, 0.6) is 0 Å². The molecule has 2 aromatic carbocycles. The third-order valence-corrected chi connectivity index (χ3v) is 5.36. The molecular formula is C19H18FN3S. The van der Waals surface area contributed by atoms with Crippen LogP contribution >= 0.6 is 11.8 Å². The van der Waals surface area contributed by atoms with Crippen LogP contribution in [0.15, 0.2) is 59.8 Å². The summed E-state index contributed by atoms with van der Waals surface area (Å²) in [6.07, 6.45) is 2.21. The first kappa shape index (κ1) is 15.4. The highest BCUT2D eigenvalue weighted by Crippen LogP contribution is 2.44. The van der Waals surface area contributed by atoms with Crippen LogP contribution in [0.3, 0.4) is 0 Å². The Morgan fingerprint density at radius 2 is 1.75 bits per heavy atom. The first-order chi connectivity index (χ1) is 11.7. The molecule has 0 aliphatic heterocycles. The first-order valence-electron chi connectivity index (χ1n) is 8.15. The number of hydrogen-bond donors (Lipinski definition) is 0. The average molecular weight is 339 g/mol. The molecule has 1 saturated carbocycles. The number of benzene rings is 2. The zero-order valence-corrected chi connectivity index (χ0v) is 14.2. The lowest BCUT2D eigenvalue weighted by molar-refractivity contribution is 0.622. The molecule has 0 spiro atoms. The van der Waals surface area contributed by atoms with Crippen LogP contribution in [0, 0.1) is 5.82 Å². The number of halogens is 1. The van der Waals surface area contributed by atoms with E-state index < -0.39 is 0 Å². The number of thioether (sulfide) groups is 1. The molecule has 1 heterocycles. The van der Waals surface area contributed by atoms with Crippen molar-refractivity contribution in [1.82, 2.24) is 14.8 Å². The Balaban J connectivity index is 1.69. The van der Waals surface area contributed by atoms with Gasteiger partial charge < -0.3 is 0 Å². The maximum Gasteiger partial charge on any atom is 0.192 e. The summed E-state index contributed by atoms with van der Waals surface area (Å²) in [7, 11) is 0. The standard InChI is InChI=1S/C19H18FN3S/c1-13(14-7-3-2-4-8-14)24-19-22-21-18(23(19)15-11-12-15)16-9-5-6-10-17(16)20/h2-10,13,15H,11-12H2,1H3. The third-order valence-electron chi connectivity index (χ3n) is 4.24. The van der Waals surface area contributed by atoms with Gasteiger partial charge in [0.1, 0.15) is 5.82 Å². The van der Waals surface area contributed by atoms with E-state index >= 15 is 0 Å². The Hall–Kier alpha value is -2.14. The highest BCUT2D eigenvalue weighted by Gasteiger charge is 2.31. The molecule has 1 aliphatic carbocycles. The van der Waals surface area contributed by atoms with E-state index in [2.05, 4.69) is 33.8 Å². The van der Waals surface area contributed by atoms with E-state index in [0.717, 1.165) is 18.0 Å². The minimum Gasteiger partial charge on any atom is -0.299 e. The van der Waals surface area contributed by atoms with Crippen LogP contribution in [-0.2, 0) is 0 Å². The third kappa shape index (κ3) is 2.96. The largest absolute Gasteiger partial charge is 0.299 e. The molecule has 0 N–H and O–H groups in total. The van der Waals surface area contributed by atoms with Crippen molar-refractivity contribution in [2.45, 2.75) is 36.2 Å². The van der Waals surface area contributed by atoms with Gasteiger partial charge in [0.15, 0.2) is 11.0 Å². The highest BCUT2D eigenvalue weighted by atomic mass is 32.2. The van der Waals surface area contributed by atoms with E-state index in [-0.39, 0.29) is 11.1 Å². The van der Waals surface area contributed by atoms with Crippen molar-refractivity contribution in [3.63, 3.8) is 0 Å². The minimum atomic E-state index is -0.251. The van der Waals surface area contributed by atoms with Crippen LogP contribution in [0.25, 0.3) is 11.4 Å². The molecule has 24 heavy (non-hydrogen) atoms. The number of rotatable bonds is 5. The fourth-order valence-electron chi connectivity index (χ4n) is 2.80. The maximum absolute atomic E-state index is 14.2. The van der Waals surface area contributed by atoms with Gasteiger partial charge in [-0.1, -0.05) is 54.2 Å². The van der Waals surface area contributed by atoms with Gasteiger partial charge in [0.2, 0.25) is 0 Å². The second kappa shape index (κ2) is 6.40. The molecule has 1 aliphatic rings. The van der Waals surface area contributed by atoms with Crippen molar-refractivity contribution >= 4 is 11.8 Å². The van der Waals surface area contributed by atoms with Crippen molar-refractivity contribution < 1.29 is 4.39 Å². The SMILES string of the molecule is CC(Sc1nnc(-c2ccccc2F)n1C1CC1)c1ccccc1. The van der Waals surface area contributed by atoms with E-state index in [4.69, 9.17) is 0 Å². The predicted molar refractivity (Wildman–Crippen MR) is 94.4 cm³/mol. The Morgan fingerprint density at radius 1 is 1.04 bits per heavy atom. The van der Waals surface area contributed by atoms with Gasteiger partial charge in [-0.05, 0) is 37.5 Å². The quantitative estimate of drug-likeness (QED) is 0.593. The van der Waals surface area contributed by atoms with Crippen LogP contribution in [0.2, 0.25) is 0 Å². The zero-order valence-electron chi connectivity index (χ0n) is 13.4. The summed E-state index contributed by atoms with van der Waals surface area (Å²) in [6, 6.07) is 17.5. The smallest absolute Gasteiger partial charge is 0.192 e. The average Bonchev–Trinajstić information content (AvgIpc) is 3.37. The van der Waals surface area contributed by atoms with Crippen LogP contribution in [0.4, 0.5) is 4.39 Å². The van der Waals surface area contributed by atoms with Gasteiger partial charge in [0.05, 0.1) is 5.56 Å². The molecule has 0 radical (unpaired) electrons. The lowest BCUT2D eigenvalue weighted by Crippen LogP contribution is -2.01. The monoisotopic (exact) mass is 339 g/mol. The topological polar surface area (TPSA) is 30.7 Å². The number of hydrogen-bond acceptors (Lipinski definition) is 3. The summed E-state index contributed by atoms with van der Waals surface area (Å²) in [5.74, 6) is 0.387. The van der Waals surface area contributed by atoms with Gasteiger partial charge in [0, 0.05) is 11.3 Å². The maximum atomic E-state index is 14.2. The van der Waals surface area contributed by atoms with Crippen molar-refractivity contribution in [2.75, 3.05) is 0 Å². The first-order valence-corrected chi connectivity index (χ1v) is 9.03. The summed E-state index contributed by atoms with van der Waals surface area (Å²) < 4.78 is 16.3. The predicted octanol–water partition coefficient (Wildman–Crippen LogP) is 5.27. The minimum absolute atomic E-state index is 0.251. The molecule has 5 heteroatoms. The van der Waals surface area contributed by atoms with Crippen molar-refractivity contribution in [2.24, 2.45) is 0 Å². The van der Waals surface area contributed by atoms with Gasteiger partial charge >= 0.3 is 0 Å². The Labute approximate surface area is 144 Å². The lowest BCUT2D eigenvalue weighted by Gasteiger charge is -2.13. The molecule has 0 saturated heterocycles. The van der Waals surface area contributed by atoms with Crippen molar-refractivity contribution in [3.8, 4) is 11.4 Å². The van der Waals surface area contributed by atoms with Gasteiger partial charge in [-0.25, -0.2) is 4.39 Å². The number of nitrogens with zero attached hydrogens (tertiary/aromatic N) is 3. The van der Waals surface area contributed by atoms with Crippen LogP contribution in [0.1, 0.15) is 36.6 Å². The molecular weight excluding hydrogens is 321 g/mol. The molecule has 4 rings (SSSR count). The molecule has 3 aromatic rings. The summed E-state index contributed by atoms with van der Waals surface area (Å²) in [4.78, 5) is 0. The fourth-order valence-corrected chi connectivity index (χ4v) is 3.84. The molecule has 1 aromatic heterocycles. The summed E-state index contributed by atoms with van der Waals surface area (Å²) in [5, 5.41) is 9.81. The molecule has 122 valence electrons. The molecule has 1 atom stereocenters. The Kier molecular flexibility index (Phi) is 4.10. The summed E-state index contributed by atoms with van der Waals surface area (Å²) >= 11 is 1.68. The van der Waals surface area contributed by atoms with Crippen LogP contribution < -0.4 is 0 Å². The Morgan fingerprint density at radius 3 is 2.46 bits per heavy atom. The normalized spacial score (nSPS) is 15.4. The molecule has 0 bridgehead atoms. The van der Waals surface area contributed by atoms with Gasteiger partial charge in [-0.15, -0.1) is 10.2 Å².